The van der Waals surface area contributed by atoms with E-state index in [1.54, 1.807) is 61.5 Å². The largest absolute Gasteiger partial charge is 0.495 e. The van der Waals surface area contributed by atoms with Gasteiger partial charge in [-0.15, -0.1) is 0 Å². The van der Waals surface area contributed by atoms with E-state index in [4.69, 9.17) is 27.9 Å². The normalized spacial score (nSPS) is 12.8. The van der Waals surface area contributed by atoms with Gasteiger partial charge in [0.1, 0.15) is 18.3 Å². The molecule has 0 aliphatic carbocycles. The first-order valence-corrected chi connectivity index (χ1v) is 15.3. The van der Waals surface area contributed by atoms with Crippen molar-refractivity contribution in [2.75, 3.05) is 18.0 Å². The number of amides is 2. The number of carbonyl (C=O) groups is 2. The van der Waals surface area contributed by atoms with Crippen LogP contribution in [0.2, 0.25) is 10.0 Å². The Balaban J connectivity index is 2.10. The van der Waals surface area contributed by atoms with E-state index in [2.05, 4.69) is 5.32 Å². The predicted molar refractivity (Wildman–Crippen MR) is 163 cm³/mol. The third-order valence-corrected chi connectivity index (χ3v) is 9.23. The molecule has 2 amide bonds. The summed E-state index contributed by atoms with van der Waals surface area (Å²) >= 11 is 12.3. The van der Waals surface area contributed by atoms with Gasteiger partial charge >= 0.3 is 0 Å². The summed E-state index contributed by atoms with van der Waals surface area (Å²) in [5.41, 5.74) is 1.60. The minimum Gasteiger partial charge on any atom is -0.495 e. The molecule has 3 aromatic carbocycles. The highest BCUT2D eigenvalue weighted by Gasteiger charge is 2.34. The molecule has 3 aromatic rings. The first-order valence-electron chi connectivity index (χ1n) is 13.1. The number of rotatable bonds is 12. The second-order valence-electron chi connectivity index (χ2n) is 9.76. The van der Waals surface area contributed by atoms with Crippen molar-refractivity contribution < 1.29 is 22.7 Å². The van der Waals surface area contributed by atoms with Gasteiger partial charge in [-0.1, -0.05) is 60.5 Å². The molecular formula is C30H35Cl2N3O5S. The lowest BCUT2D eigenvalue weighted by molar-refractivity contribution is -0.139. The Morgan fingerprint density at radius 1 is 0.976 bits per heavy atom. The number of hydrogen-bond acceptors (Lipinski definition) is 5. The van der Waals surface area contributed by atoms with Gasteiger partial charge in [0.05, 0.1) is 27.7 Å². The number of hydrogen-bond donors (Lipinski definition) is 1. The number of aryl methyl sites for hydroxylation is 1. The van der Waals surface area contributed by atoms with Crippen LogP contribution in [-0.2, 0) is 26.2 Å². The monoisotopic (exact) mass is 619 g/mol. The van der Waals surface area contributed by atoms with Gasteiger partial charge < -0.3 is 15.0 Å². The third-order valence-electron chi connectivity index (χ3n) is 6.72. The van der Waals surface area contributed by atoms with Gasteiger partial charge in [0.15, 0.2) is 0 Å². The van der Waals surface area contributed by atoms with Crippen molar-refractivity contribution >= 4 is 50.7 Å². The fourth-order valence-electron chi connectivity index (χ4n) is 4.11. The van der Waals surface area contributed by atoms with E-state index >= 15 is 0 Å². The van der Waals surface area contributed by atoms with Gasteiger partial charge in [-0.3, -0.25) is 13.9 Å². The SMILES string of the molecule is CCC(C)NC(=O)C(C)N(Cc1ccc(Cl)c(Cl)c1)C(=O)CN(c1cc(C)ccc1OC)S(=O)(=O)c1ccccc1. The quantitative estimate of drug-likeness (QED) is 0.275. The topological polar surface area (TPSA) is 96.0 Å². The van der Waals surface area contributed by atoms with E-state index in [1.807, 2.05) is 20.8 Å². The maximum atomic E-state index is 14.1. The molecule has 0 bridgehead atoms. The molecule has 0 heterocycles. The zero-order valence-corrected chi connectivity index (χ0v) is 26.1. The van der Waals surface area contributed by atoms with Crippen LogP contribution in [0.25, 0.3) is 0 Å². The van der Waals surface area contributed by atoms with Crippen molar-refractivity contribution in [3.63, 3.8) is 0 Å². The summed E-state index contributed by atoms with van der Waals surface area (Å²) < 4.78 is 34.5. The minimum absolute atomic E-state index is 0.00497. The summed E-state index contributed by atoms with van der Waals surface area (Å²) in [4.78, 5) is 28.6. The lowest BCUT2D eigenvalue weighted by Gasteiger charge is -2.33. The lowest BCUT2D eigenvalue weighted by Crippen LogP contribution is -2.52. The fourth-order valence-corrected chi connectivity index (χ4v) is 5.87. The molecule has 220 valence electrons. The van der Waals surface area contributed by atoms with Crippen LogP contribution >= 0.6 is 23.2 Å². The summed E-state index contributed by atoms with van der Waals surface area (Å²) in [7, 11) is -2.79. The molecule has 11 heteroatoms. The Kier molecular flexibility index (Phi) is 11.1. The van der Waals surface area contributed by atoms with Gasteiger partial charge in [0.2, 0.25) is 11.8 Å². The van der Waals surface area contributed by atoms with E-state index in [0.717, 1.165) is 9.87 Å². The molecule has 1 N–H and O–H groups in total. The number of anilines is 1. The molecule has 0 fully saturated rings. The molecule has 2 atom stereocenters. The highest BCUT2D eigenvalue weighted by atomic mass is 35.5. The Morgan fingerprint density at radius 3 is 2.27 bits per heavy atom. The number of ether oxygens (including phenoxy) is 1. The molecule has 0 radical (unpaired) electrons. The Bertz CT molecular complexity index is 1480. The van der Waals surface area contributed by atoms with E-state index in [-0.39, 0.29) is 34.8 Å². The van der Waals surface area contributed by atoms with Gasteiger partial charge in [-0.2, -0.15) is 0 Å². The zero-order valence-electron chi connectivity index (χ0n) is 23.7. The molecule has 0 saturated carbocycles. The molecule has 8 nitrogen and oxygen atoms in total. The Hall–Kier alpha value is -3.27. The second kappa shape index (κ2) is 14.1. The number of benzene rings is 3. The van der Waals surface area contributed by atoms with Gasteiger partial charge in [-0.25, -0.2) is 8.42 Å². The van der Waals surface area contributed by atoms with Gasteiger partial charge in [0.25, 0.3) is 10.0 Å². The van der Waals surface area contributed by atoms with Crippen LogP contribution in [0.3, 0.4) is 0 Å². The van der Waals surface area contributed by atoms with E-state index < -0.39 is 28.5 Å². The standard InChI is InChI=1S/C30H35Cl2N3O5S/c1-6-21(3)33-30(37)22(4)34(18-23-13-14-25(31)26(32)17-23)29(36)19-35(27-16-20(2)12-15-28(27)40-5)41(38,39)24-10-8-7-9-11-24/h7-17,21-22H,6,18-19H2,1-5H3,(H,33,37). The Labute approximate surface area is 252 Å². The van der Waals surface area contributed by atoms with Crippen LogP contribution < -0.4 is 14.4 Å². The third kappa shape index (κ3) is 7.93. The summed E-state index contributed by atoms with van der Waals surface area (Å²) in [5, 5.41) is 3.55. The molecule has 0 aliphatic heterocycles. The van der Waals surface area contributed by atoms with Crippen LogP contribution in [0.4, 0.5) is 5.69 Å². The summed E-state index contributed by atoms with van der Waals surface area (Å²) in [6.45, 7) is 6.64. The Morgan fingerprint density at radius 2 is 1.66 bits per heavy atom. The van der Waals surface area contributed by atoms with Crippen molar-refractivity contribution in [3.05, 3.63) is 87.9 Å². The van der Waals surface area contributed by atoms with Crippen molar-refractivity contribution in [1.29, 1.82) is 0 Å². The highest BCUT2D eigenvalue weighted by Crippen LogP contribution is 2.34. The van der Waals surface area contributed by atoms with Gasteiger partial charge in [-0.05, 0) is 74.7 Å². The first-order chi connectivity index (χ1) is 19.4. The fraction of sp³-hybridized carbons (Fsp3) is 0.333. The van der Waals surface area contributed by atoms with Crippen molar-refractivity contribution in [1.82, 2.24) is 10.2 Å². The molecular weight excluding hydrogens is 585 g/mol. The summed E-state index contributed by atoms with van der Waals surface area (Å²) in [5.74, 6) is -0.675. The number of carbonyl (C=O) groups excluding carboxylic acids is 2. The zero-order chi connectivity index (χ0) is 30.3. The second-order valence-corrected chi connectivity index (χ2v) is 12.4. The lowest BCUT2D eigenvalue weighted by atomic mass is 10.1. The van der Waals surface area contributed by atoms with Crippen LogP contribution in [-0.4, -0.2) is 50.9 Å². The molecule has 0 saturated heterocycles. The predicted octanol–water partition coefficient (Wildman–Crippen LogP) is 5.84. The summed E-state index contributed by atoms with van der Waals surface area (Å²) in [6.07, 6.45) is 0.704. The number of nitrogens with zero attached hydrogens (tertiary/aromatic N) is 2. The molecule has 2 unspecified atom stereocenters. The average molecular weight is 621 g/mol. The van der Waals surface area contributed by atoms with Crippen molar-refractivity contribution in [2.24, 2.45) is 0 Å². The number of halogens is 2. The highest BCUT2D eigenvalue weighted by molar-refractivity contribution is 7.92. The van der Waals surface area contributed by atoms with Gasteiger partial charge in [0, 0.05) is 12.6 Å². The summed E-state index contributed by atoms with van der Waals surface area (Å²) in [6, 6.07) is 16.8. The maximum absolute atomic E-state index is 14.1. The number of nitrogens with one attached hydrogen (secondary N) is 1. The van der Waals surface area contributed by atoms with Crippen LogP contribution in [0, 0.1) is 6.92 Å². The number of methoxy groups -OCH3 is 1. The van der Waals surface area contributed by atoms with Crippen LogP contribution in [0.15, 0.2) is 71.6 Å². The van der Waals surface area contributed by atoms with E-state index in [1.165, 1.54) is 24.1 Å². The molecule has 0 aromatic heterocycles. The van der Waals surface area contributed by atoms with E-state index in [0.29, 0.717) is 22.0 Å². The van der Waals surface area contributed by atoms with E-state index in [9.17, 15) is 18.0 Å². The molecule has 41 heavy (non-hydrogen) atoms. The van der Waals surface area contributed by atoms with Crippen molar-refractivity contribution in [3.8, 4) is 5.75 Å². The van der Waals surface area contributed by atoms with Crippen LogP contribution in [0.1, 0.15) is 38.3 Å². The maximum Gasteiger partial charge on any atom is 0.264 e. The molecule has 0 spiro atoms. The minimum atomic E-state index is -4.22. The molecule has 0 aliphatic rings. The first kappa shape index (κ1) is 32.2. The van der Waals surface area contributed by atoms with Crippen LogP contribution in [0.5, 0.6) is 5.75 Å². The van der Waals surface area contributed by atoms with Crippen molar-refractivity contribution in [2.45, 2.75) is 57.6 Å². The average Bonchev–Trinajstić information content (AvgIpc) is 2.96. The number of sulfonamides is 1. The molecule has 3 rings (SSSR count). The smallest absolute Gasteiger partial charge is 0.264 e.